The SMILES string of the molecule is CCC(=O)Oc1c(C=O)ccc(O)c1OC. The Hall–Kier alpha value is -2.04. The van der Waals surface area contributed by atoms with Crippen molar-refractivity contribution in [3.8, 4) is 17.2 Å². The molecule has 5 nitrogen and oxygen atoms in total. The fraction of sp³-hybridized carbons (Fsp3) is 0.273. The van der Waals surface area contributed by atoms with Crippen LogP contribution in [0.2, 0.25) is 0 Å². The van der Waals surface area contributed by atoms with Gasteiger partial charge in [-0.25, -0.2) is 0 Å². The molecule has 0 atom stereocenters. The maximum atomic E-state index is 11.2. The fourth-order valence-electron chi connectivity index (χ4n) is 1.15. The smallest absolute Gasteiger partial charge is 0.311 e. The van der Waals surface area contributed by atoms with Crippen molar-refractivity contribution in [2.45, 2.75) is 13.3 Å². The van der Waals surface area contributed by atoms with Gasteiger partial charge in [-0.3, -0.25) is 9.59 Å². The van der Waals surface area contributed by atoms with Gasteiger partial charge in [0, 0.05) is 6.42 Å². The molecule has 0 aliphatic rings. The van der Waals surface area contributed by atoms with Crippen LogP contribution >= 0.6 is 0 Å². The van der Waals surface area contributed by atoms with Gasteiger partial charge in [0.15, 0.2) is 17.8 Å². The summed E-state index contributed by atoms with van der Waals surface area (Å²) in [5.41, 5.74) is 0.149. The second kappa shape index (κ2) is 5.16. The van der Waals surface area contributed by atoms with E-state index in [4.69, 9.17) is 9.47 Å². The van der Waals surface area contributed by atoms with Crippen LogP contribution < -0.4 is 9.47 Å². The van der Waals surface area contributed by atoms with Crippen LogP contribution in [0.4, 0.5) is 0 Å². The molecule has 1 rings (SSSR count). The zero-order valence-electron chi connectivity index (χ0n) is 9.02. The van der Waals surface area contributed by atoms with Gasteiger partial charge < -0.3 is 14.6 Å². The molecule has 0 amide bonds. The molecule has 0 aliphatic heterocycles. The van der Waals surface area contributed by atoms with Crippen molar-refractivity contribution in [3.63, 3.8) is 0 Å². The van der Waals surface area contributed by atoms with Crippen LogP contribution in [0, 0.1) is 0 Å². The number of ether oxygens (including phenoxy) is 2. The van der Waals surface area contributed by atoms with E-state index in [0.29, 0.717) is 6.29 Å². The molecule has 0 saturated carbocycles. The van der Waals surface area contributed by atoms with E-state index >= 15 is 0 Å². The Morgan fingerprint density at radius 3 is 2.62 bits per heavy atom. The predicted molar refractivity (Wildman–Crippen MR) is 56.0 cm³/mol. The Bertz CT molecular complexity index is 411. The van der Waals surface area contributed by atoms with E-state index < -0.39 is 5.97 Å². The molecule has 0 saturated heterocycles. The minimum Gasteiger partial charge on any atom is -0.504 e. The number of aromatic hydroxyl groups is 1. The van der Waals surface area contributed by atoms with Crippen molar-refractivity contribution in [2.75, 3.05) is 7.11 Å². The van der Waals surface area contributed by atoms with E-state index in [9.17, 15) is 14.7 Å². The van der Waals surface area contributed by atoms with Crippen LogP contribution in [0.3, 0.4) is 0 Å². The van der Waals surface area contributed by atoms with E-state index in [-0.39, 0.29) is 29.2 Å². The number of rotatable bonds is 4. The molecule has 0 heterocycles. The topological polar surface area (TPSA) is 72.8 Å². The van der Waals surface area contributed by atoms with Gasteiger partial charge in [-0.15, -0.1) is 0 Å². The lowest BCUT2D eigenvalue weighted by Crippen LogP contribution is -2.08. The number of hydrogen-bond donors (Lipinski definition) is 1. The zero-order valence-corrected chi connectivity index (χ0v) is 9.02. The van der Waals surface area contributed by atoms with Gasteiger partial charge in [-0.2, -0.15) is 0 Å². The van der Waals surface area contributed by atoms with E-state index in [1.165, 1.54) is 19.2 Å². The largest absolute Gasteiger partial charge is 0.504 e. The number of hydrogen-bond acceptors (Lipinski definition) is 5. The minimum atomic E-state index is -0.507. The van der Waals surface area contributed by atoms with Crippen LogP contribution in [0.25, 0.3) is 0 Å². The summed E-state index contributed by atoms with van der Waals surface area (Å²) in [7, 11) is 1.31. The Labute approximate surface area is 92.6 Å². The monoisotopic (exact) mass is 224 g/mol. The molecule has 0 unspecified atom stereocenters. The lowest BCUT2D eigenvalue weighted by molar-refractivity contribution is -0.134. The highest BCUT2D eigenvalue weighted by Crippen LogP contribution is 2.38. The summed E-state index contributed by atoms with van der Waals surface area (Å²) in [5, 5.41) is 9.46. The standard InChI is InChI=1S/C11H12O5/c1-3-9(14)16-10-7(6-12)4-5-8(13)11(10)15-2/h4-6,13H,3H2,1-2H3. The molecule has 0 bridgehead atoms. The van der Waals surface area contributed by atoms with Crippen molar-refractivity contribution in [1.82, 2.24) is 0 Å². The molecule has 1 N–H and O–H groups in total. The lowest BCUT2D eigenvalue weighted by atomic mass is 10.2. The molecule has 1 aromatic carbocycles. The Balaban J connectivity index is 3.24. The number of methoxy groups -OCH3 is 1. The molecular formula is C11H12O5. The Morgan fingerprint density at radius 2 is 2.12 bits per heavy atom. The van der Waals surface area contributed by atoms with E-state index in [1.54, 1.807) is 6.92 Å². The molecule has 0 fully saturated rings. The van der Waals surface area contributed by atoms with Gasteiger partial charge in [-0.1, -0.05) is 6.92 Å². The van der Waals surface area contributed by atoms with Crippen LogP contribution in [0.15, 0.2) is 12.1 Å². The first-order chi connectivity index (χ1) is 7.63. The highest BCUT2D eigenvalue weighted by molar-refractivity contribution is 5.85. The summed E-state index contributed by atoms with van der Waals surface area (Å²) in [5.74, 6) is -0.769. The molecule has 5 heteroatoms. The molecular weight excluding hydrogens is 212 g/mol. The molecule has 86 valence electrons. The fourth-order valence-corrected chi connectivity index (χ4v) is 1.15. The molecule has 0 radical (unpaired) electrons. The normalized spacial score (nSPS) is 9.62. The maximum absolute atomic E-state index is 11.2. The number of phenolic OH excluding ortho intramolecular Hbond substituents is 1. The lowest BCUT2D eigenvalue weighted by Gasteiger charge is -2.11. The van der Waals surface area contributed by atoms with Gasteiger partial charge in [0.2, 0.25) is 5.75 Å². The average Bonchev–Trinajstić information content (AvgIpc) is 2.29. The van der Waals surface area contributed by atoms with Crippen molar-refractivity contribution >= 4 is 12.3 Å². The minimum absolute atomic E-state index is 0.0219. The summed E-state index contributed by atoms with van der Waals surface area (Å²) >= 11 is 0. The van der Waals surface area contributed by atoms with Crippen molar-refractivity contribution in [1.29, 1.82) is 0 Å². The van der Waals surface area contributed by atoms with Crippen LogP contribution in [0.1, 0.15) is 23.7 Å². The third kappa shape index (κ3) is 2.31. The molecule has 0 aromatic heterocycles. The quantitative estimate of drug-likeness (QED) is 0.477. The zero-order chi connectivity index (χ0) is 12.1. The third-order valence-electron chi connectivity index (χ3n) is 1.96. The Kier molecular flexibility index (Phi) is 3.88. The Morgan fingerprint density at radius 1 is 1.44 bits per heavy atom. The van der Waals surface area contributed by atoms with Crippen LogP contribution in [-0.2, 0) is 4.79 Å². The van der Waals surface area contributed by atoms with Crippen molar-refractivity contribution in [3.05, 3.63) is 17.7 Å². The highest BCUT2D eigenvalue weighted by Gasteiger charge is 2.17. The van der Waals surface area contributed by atoms with E-state index in [1.807, 2.05) is 0 Å². The molecule has 1 aromatic rings. The summed E-state index contributed by atoms with van der Waals surface area (Å²) < 4.78 is 9.81. The van der Waals surface area contributed by atoms with Crippen molar-refractivity contribution in [2.24, 2.45) is 0 Å². The van der Waals surface area contributed by atoms with Gasteiger partial charge >= 0.3 is 5.97 Å². The first-order valence-corrected chi connectivity index (χ1v) is 4.69. The first kappa shape index (κ1) is 12.0. The number of benzene rings is 1. The first-order valence-electron chi connectivity index (χ1n) is 4.69. The number of esters is 1. The molecule has 0 aliphatic carbocycles. The number of phenols is 1. The van der Waals surface area contributed by atoms with Crippen LogP contribution in [0.5, 0.6) is 17.2 Å². The van der Waals surface area contributed by atoms with Gasteiger partial charge in [-0.05, 0) is 12.1 Å². The van der Waals surface area contributed by atoms with Gasteiger partial charge in [0.05, 0.1) is 12.7 Å². The third-order valence-corrected chi connectivity index (χ3v) is 1.96. The van der Waals surface area contributed by atoms with Crippen molar-refractivity contribution < 1.29 is 24.2 Å². The summed E-state index contributed by atoms with van der Waals surface area (Å²) in [6, 6.07) is 2.65. The number of carbonyl (C=O) groups excluding carboxylic acids is 2. The molecule has 0 spiro atoms. The number of aldehydes is 1. The summed E-state index contributed by atoms with van der Waals surface area (Å²) in [6.45, 7) is 1.62. The average molecular weight is 224 g/mol. The van der Waals surface area contributed by atoms with Gasteiger partial charge in [0.1, 0.15) is 0 Å². The number of carbonyl (C=O) groups is 2. The van der Waals surface area contributed by atoms with E-state index in [0.717, 1.165) is 0 Å². The van der Waals surface area contributed by atoms with Gasteiger partial charge in [0.25, 0.3) is 0 Å². The molecule has 16 heavy (non-hydrogen) atoms. The van der Waals surface area contributed by atoms with E-state index in [2.05, 4.69) is 0 Å². The maximum Gasteiger partial charge on any atom is 0.311 e. The van der Waals surface area contributed by atoms with Crippen LogP contribution in [-0.4, -0.2) is 24.5 Å². The predicted octanol–water partition coefficient (Wildman–Crippen LogP) is 1.53. The highest BCUT2D eigenvalue weighted by atomic mass is 16.6. The second-order valence-electron chi connectivity index (χ2n) is 2.98. The summed E-state index contributed by atoms with van der Waals surface area (Å²) in [4.78, 5) is 21.9. The summed E-state index contributed by atoms with van der Waals surface area (Å²) in [6.07, 6.45) is 0.692. The second-order valence-corrected chi connectivity index (χ2v) is 2.98.